The summed E-state index contributed by atoms with van der Waals surface area (Å²) in [7, 11) is 0. The number of benzene rings is 3. The lowest BCUT2D eigenvalue weighted by Gasteiger charge is -2.28. The molecule has 1 aliphatic rings. The number of amides is 2. The van der Waals surface area contributed by atoms with Gasteiger partial charge in [-0.25, -0.2) is 0 Å². The van der Waals surface area contributed by atoms with Crippen LogP contribution in [0.5, 0.6) is 0 Å². The number of carbonyl (C=O) groups is 2. The molecule has 29 heavy (non-hydrogen) atoms. The standard InChI is InChI=1S/C25H24N2O2/c1-18-11-13-20(14-12-18)23(15-24(28)26-16-19-7-3-2-4-8-19)27-17-21-9-5-6-10-22(21)25(27)29/h2-14,23H,15-17H2,1H3,(H,26,28)/t23-/m0/s1. The van der Waals surface area contributed by atoms with Crippen molar-refractivity contribution in [3.63, 3.8) is 0 Å². The topological polar surface area (TPSA) is 49.4 Å². The van der Waals surface area contributed by atoms with Gasteiger partial charge in [-0.05, 0) is 29.7 Å². The quantitative estimate of drug-likeness (QED) is 0.685. The first-order chi connectivity index (χ1) is 14.1. The molecule has 3 aromatic carbocycles. The van der Waals surface area contributed by atoms with Gasteiger partial charge in [0, 0.05) is 18.7 Å². The summed E-state index contributed by atoms with van der Waals surface area (Å²) in [4.78, 5) is 27.6. The molecule has 0 saturated carbocycles. The molecule has 4 rings (SSSR count). The van der Waals surface area contributed by atoms with Gasteiger partial charge in [0.1, 0.15) is 0 Å². The van der Waals surface area contributed by atoms with E-state index < -0.39 is 0 Å². The number of hydrogen-bond acceptors (Lipinski definition) is 2. The molecule has 146 valence electrons. The zero-order valence-electron chi connectivity index (χ0n) is 16.5. The molecule has 0 aromatic heterocycles. The van der Waals surface area contributed by atoms with E-state index in [-0.39, 0.29) is 24.3 Å². The number of hydrogen-bond donors (Lipinski definition) is 1. The van der Waals surface area contributed by atoms with Crippen LogP contribution in [0.15, 0.2) is 78.9 Å². The molecule has 0 bridgehead atoms. The number of carbonyl (C=O) groups excluding carboxylic acids is 2. The maximum absolute atomic E-state index is 13.0. The smallest absolute Gasteiger partial charge is 0.255 e. The molecule has 0 spiro atoms. The van der Waals surface area contributed by atoms with Crippen molar-refractivity contribution in [1.82, 2.24) is 10.2 Å². The van der Waals surface area contributed by atoms with Gasteiger partial charge in [0.2, 0.25) is 5.91 Å². The van der Waals surface area contributed by atoms with Gasteiger partial charge < -0.3 is 10.2 Å². The normalized spacial score (nSPS) is 13.8. The van der Waals surface area contributed by atoms with Crippen LogP contribution in [0.1, 0.15) is 45.1 Å². The lowest BCUT2D eigenvalue weighted by atomic mass is 10.00. The SMILES string of the molecule is Cc1ccc([C@H](CC(=O)NCc2ccccc2)N2Cc3ccccc3C2=O)cc1. The molecular formula is C25H24N2O2. The molecule has 3 aromatic rings. The summed E-state index contributed by atoms with van der Waals surface area (Å²) >= 11 is 0. The van der Waals surface area contributed by atoms with Gasteiger partial charge >= 0.3 is 0 Å². The fraction of sp³-hybridized carbons (Fsp3) is 0.200. The summed E-state index contributed by atoms with van der Waals surface area (Å²) in [5.74, 6) is -0.0785. The van der Waals surface area contributed by atoms with Crippen LogP contribution in [0.2, 0.25) is 0 Å². The summed E-state index contributed by atoms with van der Waals surface area (Å²) < 4.78 is 0. The van der Waals surface area contributed by atoms with Crippen LogP contribution in [-0.4, -0.2) is 16.7 Å². The van der Waals surface area contributed by atoms with Gasteiger partial charge in [0.15, 0.2) is 0 Å². The minimum atomic E-state index is -0.300. The highest BCUT2D eigenvalue weighted by Gasteiger charge is 2.34. The first kappa shape index (κ1) is 18.9. The molecular weight excluding hydrogens is 360 g/mol. The van der Waals surface area contributed by atoms with Crippen molar-refractivity contribution in [1.29, 1.82) is 0 Å². The highest BCUT2D eigenvalue weighted by Crippen LogP contribution is 2.33. The lowest BCUT2D eigenvalue weighted by Crippen LogP contribution is -2.34. The molecule has 1 heterocycles. The van der Waals surface area contributed by atoms with Crippen molar-refractivity contribution >= 4 is 11.8 Å². The Morgan fingerprint density at radius 1 is 0.966 bits per heavy atom. The Morgan fingerprint density at radius 2 is 1.66 bits per heavy atom. The zero-order chi connectivity index (χ0) is 20.2. The summed E-state index contributed by atoms with van der Waals surface area (Å²) in [6, 6.07) is 25.3. The highest BCUT2D eigenvalue weighted by molar-refractivity contribution is 5.98. The van der Waals surface area contributed by atoms with E-state index in [4.69, 9.17) is 0 Å². The van der Waals surface area contributed by atoms with E-state index in [1.54, 1.807) is 0 Å². The number of nitrogens with zero attached hydrogens (tertiary/aromatic N) is 1. The third-order valence-corrected chi connectivity index (χ3v) is 5.40. The van der Waals surface area contributed by atoms with Crippen LogP contribution in [0.4, 0.5) is 0 Å². The number of rotatable bonds is 6. The van der Waals surface area contributed by atoms with E-state index in [1.165, 1.54) is 0 Å². The van der Waals surface area contributed by atoms with Crippen LogP contribution in [0.3, 0.4) is 0 Å². The van der Waals surface area contributed by atoms with E-state index in [0.717, 1.165) is 27.8 Å². The van der Waals surface area contributed by atoms with Gasteiger partial charge in [-0.2, -0.15) is 0 Å². The van der Waals surface area contributed by atoms with Crippen molar-refractivity contribution in [3.8, 4) is 0 Å². The van der Waals surface area contributed by atoms with Gasteiger partial charge in [-0.15, -0.1) is 0 Å². The van der Waals surface area contributed by atoms with Gasteiger partial charge in [-0.3, -0.25) is 9.59 Å². The third kappa shape index (κ3) is 4.21. The molecule has 4 nitrogen and oxygen atoms in total. The summed E-state index contributed by atoms with van der Waals surface area (Å²) in [6.07, 6.45) is 0.232. The van der Waals surface area contributed by atoms with Crippen molar-refractivity contribution in [3.05, 3.63) is 107 Å². The van der Waals surface area contributed by atoms with E-state index >= 15 is 0 Å². The van der Waals surface area contributed by atoms with Crippen LogP contribution in [-0.2, 0) is 17.9 Å². The number of fused-ring (bicyclic) bond motifs is 1. The van der Waals surface area contributed by atoms with E-state index in [2.05, 4.69) is 5.32 Å². The second-order valence-corrected chi connectivity index (χ2v) is 7.48. The maximum Gasteiger partial charge on any atom is 0.255 e. The number of nitrogens with one attached hydrogen (secondary N) is 1. The van der Waals surface area contributed by atoms with Crippen LogP contribution < -0.4 is 5.32 Å². The molecule has 2 amide bonds. The van der Waals surface area contributed by atoms with Crippen molar-refractivity contribution in [2.24, 2.45) is 0 Å². The average Bonchev–Trinajstić information content (AvgIpc) is 3.08. The van der Waals surface area contributed by atoms with Crippen LogP contribution >= 0.6 is 0 Å². The van der Waals surface area contributed by atoms with Crippen molar-refractivity contribution < 1.29 is 9.59 Å². The lowest BCUT2D eigenvalue weighted by molar-refractivity contribution is -0.122. The number of aryl methyl sites for hydroxylation is 1. The third-order valence-electron chi connectivity index (χ3n) is 5.40. The Labute approximate surface area is 171 Å². The zero-order valence-corrected chi connectivity index (χ0v) is 16.5. The molecule has 1 N–H and O–H groups in total. The Hall–Kier alpha value is -3.40. The Balaban J connectivity index is 1.54. The Morgan fingerprint density at radius 3 is 2.38 bits per heavy atom. The van der Waals surface area contributed by atoms with Gasteiger partial charge in [0.25, 0.3) is 5.91 Å². The summed E-state index contributed by atoms with van der Waals surface area (Å²) in [5, 5.41) is 2.99. The fourth-order valence-electron chi connectivity index (χ4n) is 3.77. The fourth-order valence-corrected chi connectivity index (χ4v) is 3.77. The monoisotopic (exact) mass is 384 g/mol. The minimum Gasteiger partial charge on any atom is -0.352 e. The summed E-state index contributed by atoms with van der Waals surface area (Å²) in [6.45, 7) is 3.04. The maximum atomic E-state index is 13.0. The largest absolute Gasteiger partial charge is 0.352 e. The van der Waals surface area contributed by atoms with Gasteiger partial charge in [0.05, 0.1) is 12.5 Å². The minimum absolute atomic E-state index is 0.0120. The molecule has 0 saturated heterocycles. The predicted molar refractivity (Wildman–Crippen MR) is 113 cm³/mol. The Bertz CT molecular complexity index is 1010. The highest BCUT2D eigenvalue weighted by atomic mass is 16.2. The first-order valence-corrected chi connectivity index (χ1v) is 9.88. The average molecular weight is 384 g/mol. The second kappa shape index (κ2) is 8.31. The molecule has 4 heteroatoms. The predicted octanol–water partition coefficient (Wildman–Crippen LogP) is 4.40. The van der Waals surface area contributed by atoms with Crippen LogP contribution in [0, 0.1) is 6.92 Å². The van der Waals surface area contributed by atoms with E-state index in [1.807, 2.05) is 90.7 Å². The molecule has 1 aliphatic heterocycles. The first-order valence-electron chi connectivity index (χ1n) is 9.88. The summed E-state index contributed by atoms with van der Waals surface area (Å²) in [5.41, 5.74) is 4.93. The molecule has 0 aliphatic carbocycles. The van der Waals surface area contributed by atoms with Gasteiger partial charge in [-0.1, -0.05) is 78.4 Å². The second-order valence-electron chi connectivity index (χ2n) is 7.48. The van der Waals surface area contributed by atoms with Crippen molar-refractivity contribution in [2.45, 2.75) is 32.5 Å². The molecule has 1 atom stereocenters. The molecule has 0 fully saturated rings. The Kier molecular flexibility index (Phi) is 5.43. The molecule has 0 unspecified atom stereocenters. The molecule has 0 radical (unpaired) electrons. The van der Waals surface area contributed by atoms with E-state index in [9.17, 15) is 9.59 Å². The van der Waals surface area contributed by atoms with E-state index in [0.29, 0.717) is 13.1 Å². The van der Waals surface area contributed by atoms with Crippen LogP contribution in [0.25, 0.3) is 0 Å². The van der Waals surface area contributed by atoms with Crippen molar-refractivity contribution in [2.75, 3.05) is 0 Å².